The van der Waals surface area contributed by atoms with Crippen molar-refractivity contribution in [3.05, 3.63) is 34.3 Å². The average Bonchev–Trinajstić information content (AvgIpc) is 2.48. The maximum absolute atomic E-state index is 12.2. The molecule has 1 N–H and O–H groups in total. The van der Waals surface area contributed by atoms with Gasteiger partial charge in [0, 0.05) is 37.7 Å². The molecule has 1 heterocycles. The van der Waals surface area contributed by atoms with Gasteiger partial charge in [-0.05, 0) is 17.7 Å². The number of likely N-dealkylation sites (N-methyl/N-ethyl adjacent to an activating group) is 1. The molecule has 2 amide bonds. The van der Waals surface area contributed by atoms with Crippen LogP contribution in [0.1, 0.15) is 5.56 Å². The highest BCUT2D eigenvalue weighted by molar-refractivity contribution is 9.10. The van der Waals surface area contributed by atoms with Crippen LogP contribution in [-0.2, 0) is 16.0 Å². The van der Waals surface area contributed by atoms with Gasteiger partial charge in [-0.25, -0.2) is 0 Å². The number of piperazine rings is 1. The quantitative estimate of drug-likeness (QED) is 0.843. The average molecular weight is 391 g/mol. The third-order valence-electron chi connectivity index (χ3n) is 3.51. The molecule has 1 saturated heterocycles. The third-order valence-corrected chi connectivity index (χ3v) is 4.01. The summed E-state index contributed by atoms with van der Waals surface area (Å²) in [5.74, 6) is -0.0295. The van der Waals surface area contributed by atoms with Gasteiger partial charge < -0.3 is 15.1 Å². The minimum absolute atomic E-state index is 0. The third kappa shape index (κ3) is 5.59. The lowest BCUT2D eigenvalue weighted by molar-refractivity contribution is -0.139. The van der Waals surface area contributed by atoms with Gasteiger partial charge in [-0.15, -0.1) is 12.4 Å². The number of carbonyl (C=O) groups excluding carboxylic acids is 2. The number of benzene rings is 1. The number of amides is 2. The van der Waals surface area contributed by atoms with E-state index in [1.165, 1.54) is 4.90 Å². The van der Waals surface area contributed by atoms with E-state index in [-0.39, 0.29) is 30.8 Å². The monoisotopic (exact) mass is 389 g/mol. The Hall–Kier alpha value is -1.11. The first-order valence-electron chi connectivity index (χ1n) is 7.03. The predicted molar refractivity (Wildman–Crippen MR) is 92.2 cm³/mol. The topological polar surface area (TPSA) is 52.7 Å². The van der Waals surface area contributed by atoms with Gasteiger partial charge in [0.2, 0.25) is 11.8 Å². The molecule has 0 saturated carbocycles. The van der Waals surface area contributed by atoms with E-state index >= 15 is 0 Å². The van der Waals surface area contributed by atoms with Crippen molar-refractivity contribution in [2.24, 2.45) is 0 Å². The highest BCUT2D eigenvalue weighted by Gasteiger charge is 2.20. The number of halogens is 2. The lowest BCUT2D eigenvalue weighted by Gasteiger charge is -2.29. The Morgan fingerprint density at radius 3 is 2.64 bits per heavy atom. The molecule has 2 rings (SSSR count). The van der Waals surface area contributed by atoms with E-state index in [0.29, 0.717) is 19.5 Å². The summed E-state index contributed by atoms with van der Waals surface area (Å²) in [6.07, 6.45) is 0.310. The highest BCUT2D eigenvalue weighted by Crippen LogP contribution is 2.12. The molecule has 1 aliphatic rings. The fraction of sp³-hybridized carbons (Fsp3) is 0.467. The maximum atomic E-state index is 12.2. The zero-order valence-electron chi connectivity index (χ0n) is 12.5. The van der Waals surface area contributed by atoms with E-state index in [2.05, 4.69) is 21.2 Å². The molecule has 0 aromatic heterocycles. The Morgan fingerprint density at radius 1 is 1.32 bits per heavy atom. The number of hydrogen-bond donors (Lipinski definition) is 1. The molecule has 5 nitrogen and oxygen atoms in total. The van der Waals surface area contributed by atoms with Gasteiger partial charge in [0.25, 0.3) is 0 Å². The first-order valence-corrected chi connectivity index (χ1v) is 7.82. The van der Waals surface area contributed by atoms with Crippen LogP contribution in [0.25, 0.3) is 0 Å². The lowest BCUT2D eigenvalue weighted by atomic mass is 10.1. The van der Waals surface area contributed by atoms with Gasteiger partial charge >= 0.3 is 0 Å². The van der Waals surface area contributed by atoms with Crippen LogP contribution in [0.5, 0.6) is 0 Å². The normalized spacial score (nSPS) is 14.2. The van der Waals surface area contributed by atoms with Gasteiger partial charge in [-0.2, -0.15) is 0 Å². The molecule has 22 heavy (non-hydrogen) atoms. The fourth-order valence-electron chi connectivity index (χ4n) is 2.26. The van der Waals surface area contributed by atoms with E-state index in [9.17, 15) is 9.59 Å². The van der Waals surface area contributed by atoms with E-state index < -0.39 is 0 Å². The molecule has 0 aliphatic carbocycles. The Kier molecular flexibility index (Phi) is 7.85. The molecular weight excluding hydrogens is 370 g/mol. The second-order valence-electron chi connectivity index (χ2n) is 5.19. The Morgan fingerprint density at radius 2 is 2.00 bits per heavy atom. The summed E-state index contributed by atoms with van der Waals surface area (Å²) < 4.78 is 0.951. The number of carbonyl (C=O) groups is 2. The first kappa shape index (κ1) is 18.9. The van der Waals surface area contributed by atoms with E-state index in [1.54, 1.807) is 11.9 Å². The molecule has 0 radical (unpaired) electrons. The van der Waals surface area contributed by atoms with Crippen molar-refractivity contribution in [2.75, 3.05) is 39.8 Å². The minimum atomic E-state index is -0.0448. The molecule has 7 heteroatoms. The van der Waals surface area contributed by atoms with Crippen molar-refractivity contribution in [1.82, 2.24) is 15.1 Å². The molecule has 0 atom stereocenters. The van der Waals surface area contributed by atoms with Crippen LogP contribution in [0.3, 0.4) is 0 Å². The van der Waals surface area contributed by atoms with E-state index in [1.807, 2.05) is 24.3 Å². The number of nitrogens with one attached hydrogen (secondary N) is 1. The van der Waals surface area contributed by atoms with Crippen molar-refractivity contribution in [1.29, 1.82) is 0 Å². The van der Waals surface area contributed by atoms with Crippen molar-refractivity contribution in [3.8, 4) is 0 Å². The van der Waals surface area contributed by atoms with Crippen LogP contribution in [-0.4, -0.2) is 61.4 Å². The number of nitrogens with zero attached hydrogens (tertiary/aromatic N) is 2. The molecule has 0 spiro atoms. The largest absolute Gasteiger partial charge is 0.339 e. The highest BCUT2D eigenvalue weighted by atomic mass is 79.9. The summed E-state index contributed by atoms with van der Waals surface area (Å²) in [7, 11) is 1.68. The predicted octanol–water partition coefficient (Wildman–Crippen LogP) is 1.30. The van der Waals surface area contributed by atoms with Crippen LogP contribution < -0.4 is 5.32 Å². The number of hydrogen-bond acceptors (Lipinski definition) is 3. The van der Waals surface area contributed by atoms with Crippen molar-refractivity contribution in [2.45, 2.75) is 6.42 Å². The van der Waals surface area contributed by atoms with Gasteiger partial charge in [0.05, 0.1) is 13.0 Å². The lowest BCUT2D eigenvalue weighted by Crippen LogP contribution is -2.49. The Labute approximate surface area is 145 Å². The smallest absolute Gasteiger partial charge is 0.242 e. The fourth-order valence-corrected chi connectivity index (χ4v) is 2.71. The van der Waals surface area contributed by atoms with Crippen molar-refractivity contribution in [3.63, 3.8) is 0 Å². The van der Waals surface area contributed by atoms with Crippen LogP contribution in [0.2, 0.25) is 0 Å². The van der Waals surface area contributed by atoms with Crippen LogP contribution >= 0.6 is 28.3 Å². The molecule has 1 aromatic carbocycles. The maximum Gasteiger partial charge on any atom is 0.242 e. The number of rotatable bonds is 4. The zero-order chi connectivity index (χ0) is 15.2. The SMILES string of the molecule is CN(CC(=O)N1CCNCC1)C(=O)Cc1cccc(Br)c1.Cl. The summed E-state index contributed by atoms with van der Waals surface area (Å²) >= 11 is 3.39. The second-order valence-corrected chi connectivity index (χ2v) is 6.10. The van der Waals surface area contributed by atoms with Crippen molar-refractivity contribution >= 4 is 40.2 Å². The molecule has 1 fully saturated rings. The molecular formula is C15H21BrClN3O2. The second kappa shape index (κ2) is 9.12. The zero-order valence-corrected chi connectivity index (χ0v) is 15.0. The molecule has 0 bridgehead atoms. The van der Waals surface area contributed by atoms with Gasteiger partial charge in [-0.3, -0.25) is 9.59 Å². The van der Waals surface area contributed by atoms with Gasteiger partial charge in [-0.1, -0.05) is 28.1 Å². The van der Waals surface area contributed by atoms with Crippen LogP contribution in [0.4, 0.5) is 0 Å². The van der Waals surface area contributed by atoms with Crippen molar-refractivity contribution < 1.29 is 9.59 Å². The molecule has 1 aliphatic heterocycles. The van der Waals surface area contributed by atoms with E-state index in [0.717, 1.165) is 23.1 Å². The molecule has 1 aromatic rings. The Balaban J connectivity index is 0.00000242. The first-order chi connectivity index (χ1) is 10.1. The minimum Gasteiger partial charge on any atom is -0.339 e. The Bertz CT molecular complexity index is 521. The summed E-state index contributed by atoms with van der Waals surface area (Å²) in [4.78, 5) is 27.6. The van der Waals surface area contributed by atoms with Crippen LogP contribution in [0.15, 0.2) is 28.7 Å². The van der Waals surface area contributed by atoms with Gasteiger partial charge in [0.1, 0.15) is 0 Å². The van der Waals surface area contributed by atoms with E-state index in [4.69, 9.17) is 0 Å². The summed E-state index contributed by atoms with van der Waals surface area (Å²) in [5.41, 5.74) is 0.941. The standard InChI is InChI=1S/C15H20BrN3O2.ClH/c1-18(11-15(21)19-7-5-17-6-8-19)14(20)10-12-3-2-4-13(16)9-12;/h2-4,9,17H,5-8,10-11H2,1H3;1H. The molecule has 0 unspecified atom stereocenters. The summed E-state index contributed by atoms with van der Waals surface area (Å²) in [6.45, 7) is 3.22. The molecule has 122 valence electrons. The summed E-state index contributed by atoms with van der Waals surface area (Å²) in [5, 5.41) is 3.20. The van der Waals surface area contributed by atoms with Crippen LogP contribution in [0, 0.1) is 0 Å². The van der Waals surface area contributed by atoms with Gasteiger partial charge in [0.15, 0.2) is 0 Å². The summed E-state index contributed by atoms with van der Waals surface area (Å²) in [6, 6.07) is 7.66.